The van der Waals surface area contributed by atoms with Crippen molar-refractivity contribution in [2.75, 3.05) is 5.32 Å². The van der Waals surface area contributed by atoms with Crippen LogP contribution in [0.2, 0.25) is 0 Å². The molecular formula is C9H10N4O4. The lowest BCUT2D eigenvalue weighted by Crippen LogP contribution is -2.30. The van der Waals surface area contributed by atoms with E-state index in [1.807, 2.05) is 0 Å². The van der Waals surface area contributed by atoms with E-state index in [1.165, 1.54) is 12.4 Å². The summed E-state index contributed by atoms with van der Waals surface area (Å²) < 4.78 is 5.07. The topological polar surface area (TPSA) is 114 Å². The number of nitrogens with zero attached hydrogens (tertiary/aromatic N) is 3. The van der Waals surface area contributed by atoms with Crippen LogP contribution in [0.5, 0.6) is 0 Å². The van der Waals surface area contributed by atoms with Gasteiger partial charge in [0, 0.05) is 0 Å². The second kappa shape index (κ2) is 4.83. The minimum Gasteiger partial charge on any atom is -0.479 e. The van der Waals surface area contributed by atoms with E-state index in [2.05, 4.69) is 20.5 Å². The zero-order valence-electron chi connectivity index (χ0n) is 8.74. The van der Waals surface area contributed by atoms with Gasteiger partial charge in [0.2, 0.25) is 5.95 Å². The maximum atomic E-state index is 11.6. The molecule has 2 atom stereocenters. The van der Waals surface area contributed by atoms with Crippen molar-refractivity contribution in [3.63, 3.8) is 0 Å². The quantitative estimate of drug-likeness (QED) is 0.725. The van der Waals surface area contributed by atoms with E-state index in [4.69, 9.17) is 9.84 Å². The molecule has 2 rings (SSSR count). The molecule has 8 nitrogen and oxygen atoms in total. The number of carbonyl (C=O) groups is 2. The van der Waals surface area contributed by atoms with Gasteiger partial charge in [0.05, 0.1) is 12.4 Å². The summed E-state index contributed by atoms with van der Waals surface area (Å²) in [6, 6.07) is 0. The third-order valence-corrected chi connectivity index (χ3v) is 2.31. The molecular weight excluding hydrogens is 228 g/mol. The normalized spacial score (nSPS) is 23.3. The Bertz CT molecular complexity index is 424. The van der Waals surface area contributed by atoms with Crippen LogP contribution in [0.1, 0.15) is 12.8 Å². The van der Waals surface area contributed by atoms with Crippen LogP contribution in [0.4, 0.5) is 5.95 Å². The van der Waals surface area contributed by atoms with Crippen molar-refractivity contribution in [1.82, 2.24) is 15.2 Å². The molecule has 2 heterocycles. The summed E-state index contributed by atoms with van der Waals surface area (Å²) in [5.41, 5.74) is 0. The van der Waals surface area contributed by atoms with E-state index in [0.29, 0.717) is 12.8 Å². The number of carbonyl (C=O) groups excluding carboxylic acids is 1. The van der Waals surface area contributed by atoms with Gasteiger partial charge in [-0.15, -0.1) is 5.10 Å². The number of aromatic nitrogens is 3. The predicted molar refractivity (Wildman–Crippen MR) is 54.0 cm³/mol. The van der Waals surface area contributed by atoms with E-state index in [-0.39, 0.29) is 5.95 Å². The second-order valence-corrected chi connectivity index (χ2v) is 3.48. The standard InChI is InChI=1S/C9H10N4O4/c14-7(12-9-10-3-4-11-13-9)5-1-2-6(17-5)8(15)16/h3-6H,1-2H2,(H,15,16)(H,10,12,13,14). The van der Waals surface area contributed by atoms with Crippen molar-refractivity contribution in [2.45, 2.75) is 25.0 Å². The number of amides is 1. The van der Waals surface area contributed by atoms with Crippen LogP contribution in [-0.4, -0.2) is 44.4 Å². The van der Waals surface area contributed by atoms with Gasteiger partial charge in [0.25, 0.3) is 5.91 Å². The molecule has 0 saturated carbocycles. The summed E-state index contributed by atoms with van der Waals surface area (Å²) in [7, 11) is 0. The van der Waals surface area contributed by atoms with Crippen LogP contribution < -0.4 is 5.32 Å². The van der Waals surface area contributed by atoms with Gasteiger partial charge in [-0.3, -0.25) is 10.1 Å². The van der Waals surface area contributed by atoms with Gasteiger partial charge in [-0.25, -0.2) is 9.78 Å². The van der Waals surface area contributed by atoms with Gasteiger partial charge in [0.15, 0.2) is 6.10 Å². The van der Waals surface area contributed by atoms with Gasteiger partial charge in [-0.2, -0.15) is 5.10 Å². The fourth-order valence-electron chi connectivity index (χ4n) is 1.51. The number of nitrogens with one attached hydrogen (secondary N) is 1. The number of aliphatic carboxylic acids is 1. The molecule has 2 N–H and O–H groups in total. The van der Waals surface area contributed by atoms with Crippen LogP contribution in [0.15, 0.2) is 12.4 Å². The summed E-state index contributed by atoms with van der Waals surface area (Å²) in [6.45, 7) is 0. The Morgan fingerprint density at radius 1 is 1.35 bits per heavy atom. The predicted octanol–water partition coefficient (Wildman–Crippen LogP) is -0.558. The van der Waals surface area contributed by atoms with Crippen LogP contribution in [0.3, 0.4) is 0 Å². The van der Waals surface area contributed by atoms with Crippen LogP contribution in [-0.2, 0) is 14.3 Å². The van der Waals surface area contributed by atoms with E-state index in [9.17, 15) is 9.59 Å². The number of anilines is 1. The van der Waals surface area contributed by atoms with Crippen molar-refractivity contribution in [3.8, 4) is 0 Å². The minimum atomic E-state index is -1.06. The largest absolute Gasteiger partial charge is 0.479 e. The maximum absolute atomic E-state index is 11.6. The Kier molecular flexibility index (Phi) is 3.24. The molecule has 0 aromatic carbocycles. The maximum Gasteiger partial charge on any atom is 0.332 e. The average Bonchev–Trinajstić information content (AvgIpc) is 2.79. The van der Waals surface area contributed by atoms with Gasteiger partial charge in [-0.1, -0.05) is 0 Å². The van der Waals surface area contributed by atoms with Gasteiger partial charge < -0.3 is 9.84 Å². The van der Waals surface area contributed by atoms with E-state index in [1.54, 1.807) is 0 Å². The van der Waals surface area contributed by atoms with Crippen LogP contribution >= 0.6 is 0 Å². The molecule has 0 bridgehead atoms. The summed E-state index contributed by atoms with van der Waals surface area (Å²) in [6.07, 6.45) is 1.76. The minimum absolute atomic E-state index is 0.0693. The highest BCUT2D eigenvalue weighted by molar-refractivity contribution is 5.93. The van der Waals surface area contributed by atoms with E-state index in [0.717, 1.165) is 0 Å². The zero-order valence-corrected chi connectivity index (χ0v) is 8.74. The van der Waals surface area contributed by atoms with Crippen molar-refractivity contribution in [3.05, 3.63) is 12.4 Å². The summed E-state index contributed by atoms with van der Waals surface area (Å²) in [4.78, 5) is 26.0. The summed E-state index contributed by atoms with van der Waals surface area (Å²) in [5, 5.41) is 18.2. The Morgan fingerprint density at radius 2 is 2.12 bits per heavy atom. The molecule has 1 aliphatic rings. The molecule has 2 unspecified atom stereocenters. The fraction of sp³-hybridized carbons (Fsp3) is 0.444. The number of hydrogen-bond acceptors (Lipinski definition) is 6. The first-order valence-corrected chi connectivity index (χ1v) is 4.99. The molecule has 0 radical (unpaired) electrons. The van der Waals surface area contributed by atoms with Crippen molar-refractivity contribution in [2.24, 2.45) is 0 Å². The van der Waals surface area contributed by atoms with E-state index >= 15 is 0 Å². The molecule has 1 amide bonds. The molecule has 17 heavy (non-hydrogen) atoms. The third kappa shape index (κ3) is 2.72. The highest BCUT2D eigenvalue weighted by atomic mass is 16.5. The number of ether oxygens (including phenoxy) is 1. The SMILES string of the molecule is O=C(O)C1CCC(C(=O)Nc2nccnn2)O1. The van der Waals surface area contributed by atoms with Gasteiger partial charge in [0.1, 0.15) is 6.10 Å². The number of carboxylic acids is 1. The molecule has 1 aromatic rings. The summed E-state index contributed by atoms with van der Waals surface area (Å²) in [5.74, 6) is -1.44. The van der Waals surface area contributed by atoms with Crippen molar-refractivity contribution < 1.29 is 19.4 Å². The Morgan fingerprint density at radius 3 is 2.71 bits per heavy atom. The lowest BCUT2D eigenvalue weighted by atomic mass is 10.2. The fourth-order valence-corrected chi connectivity index (χ4v) is 1.51. The molecule has 0 aliphatic carbocycles. The summed E-state index contributed by atoms with van der Waals surface area (Å²) >= 11 is 0. The Labute approximate surface area is 96.0 Å². The molecule has 1 aromatic heterocycles. The zero-order chi connectivity index (χ0) is 12.3. The van der Waals surface area contributed by atoms with Crippen molar-refractivity contribution in [1.29, 1.82) is 0 Å². The molecule has 8 heteroatoms. The molecule has 0 spiro atoms. The molecule has 1 fully saturated rings. The lowest BCUT2D eigenvalue weighted by molar-refractivity contribution is -0.150. The number of hydrogen-bond donors (Lipinski definition) is 2. The van der Waals surface area contributed by atoms with Gasteiger partial charge in [-0.05, 0) is 12.8 Å². The van der Waals surface area contributed by atoms with E-state index < -0.39 is 24.1 Å². The highest BCUT2D eigenvalue weighted by Crippen LogP contribution is 2.20. The molecule has 90 valence electrons. The monoisotopic (exact) mass is 238 g/mol. The first kappa shape index (κ1) is 11.4. The molecule has 1 aliphatic heterocycles. The number of rotatable bonds is 3. The van der Waals surface area contributed by atoms with Gasteiger partial charge >= 0.3 is 5.97 Å². The molecule has 1 saturated heterocycles. The smallest absolute Gasteiger partial charge is 0.332 e. The lowest BCUT2D eigenvalue weighted by Gasteiger charge is -2.10. The van der Waals surface area contributed by atoms with Crippen molar-refractivity contribution >= 4 is 17.8 Å². The number of carboxylic acid groups (broad SMARTS) is 1. The average molecular weight is 238 g/mol. The highest BCUT2D eigenvalue weighted by Gasteiger charge is 2.34. The third-order valence-electron chi connectivity index (χ3n) is 2.31. The second-order valence-electron chi connectivity index (χ2n) is 3.48. The first-order valence-electron chi connectivity index (χ1n) is 4.99. The first-order chi connectivity index (χ1) is 8.16. The Hall–Kier alpha value is -2.09. The van der Waals surface area contributed by atoms with Crippen LogP contribution in [0.25, 0.3) is 0 Å². The van der Waals surface area contributed by atoms with Crippen LogP contribution in [0, 0.1) is 0 Å². The Balaban J connectivity index is 1.92.